The lowest BCUT2D eigenvalue weighted by atomic mass is 9.86. The molecule has 3 aromatic rings. The number of hydrogen-bond donors (Lipinski definition) is 1. The lowest BCUT2D eigenvalue weighted by Gasteiger charge is -2.22. The van der Waals surface area contributed by atoms with Gasteiger partial charge < -0.3 is 10.1 Å². The summed E-state index contributed by atoms with van der Waals surface area (Å²) in [6, 6.07) is 18.0. The van der Waals surface area contributed by atoms with Crippen molar-refractivity contribution in [1.82, 2.24) is 0 Å². The Labute approximate surface area is 223 Å². The molecule has 1 N–H and O–H groups in total. The Bertz CT molecular complexity index is 1390. The number of imide groups is 1. The van der Waals surface area contributed by atoms with Crippen molar-refractivity contribution in [3.8, 4) is 5.75 Å². The molecule has 0 aliphatic carbocycles. The van der Waals surface area contributed by atoms with E-state index in [1.807, 2.05) is 39.0 Å². The van der Waals surface area contributed by atoms with Gasteiger partial charge in [0.1, 0.15) is 16.5 Å². The summed E-state index contributed by atoms with van der Waals surface area (Å²) in [7, 11) is 0. The zero-order valence-electron chi connectivity index (χ0n) is 19.6. The van der Waals surface area contributed by atoms with Crippen LogP contribution in [0.5, 0.6) is 5.75 Å². The predicted octanol–water partition coefficient (Wildman–Crippen LogP) is 6.95. The third kappa shape index (κ3) is 5.26. The van der Waals surface area contributed by atoms with Gasteiger partial charge in [-0.15, -0.1) is 0 Å². The smallest absolute Gasteiger partial charge is 0.343 e. The lowest BCUT2D eigenvalue weighted by molar-refractivity contribution is -0.120. The summed E-state index contributed by atoms with van der Waals surface area (Å²) in [6.45, 7) is 6.12. The molecule has 0 atom stereocenters. The van der Waals surface area contributed by atoms with Gasteiger partial charge in [0, 0.05) is 21.3 Å². The SMILES string of the molecule is CC(C)(C)c1ccccc1OC(=O)c1ccc(NC2=C(Cl)C(=O)N(c3cc(Cl)cc(Cl)c3)C2=O)cc1. The van der Waals surface area contributed by atoms with Gasteiger partial charge in [0.25, 0.3) is 11.8 Å². The molecule has 184 valence electrons. The Morgan fingerprint density at radius 3 is 2.08 bits per heavy atom. The number of nitrogens with one attached hydrogen (secondary N) is 1. The highest BCUT2D eigenvalue weighted by Crippen LogP contribution is 2.34. The monoisotopic (exact) mass is 542 g/mol. The van der Waals surface area contributed by atoms with E-state index in [0.29, 0.717) is 17.0 Å². The van der Waals surface area contributed by atoms with E-state index in [1.54, 1.807) is 30.3 Å². The summed E-state index contributed by atoms with van der Waals surface area (Å²) in [6.07, 6.45) is 0. The number of hydrogen-bond acceptors (Lipinski definition) is 5. The van der Waals surface area contributed by atoms with Crippen LogP contribution in [0.15, 0.2) is 77.5 Å². The zero-order valence-corrected chi connectivity index (χ0v) is 21.8. The maximum atomic E-state index is 13.0. The number of carbonyl (C=O) groups excluding carboxylic acids is 3. The molecule has 1 aliphatic heterocycles. The fraction of sp³-hybridized carbons (Fsp3) is 0.148. The van der Waals surface area contributed by atoms with Gasteiger partial charge in [-0.1, -0.05) is 73.8 Å². The van der Waals surface area contributed by atoms with Crippen LogP contribution < -0.4 is 15.0 Å². The van der Waals surface area contributed by atoms with Crippen molar-refractivity contribution in [2.45, 2.75) is 26.2 Å². The molecule has 0 spiro atoms. The number of para-hydroxylation sites is 1. The Morgan fingerprint density at radius 2 is 1.47 bits per heavy atom. The maximum Gasteiger partial charge on any atom is 0.343 e. The van der Waals surface area contributed by atoms with Crippen molar-refractivity contribution in [3.05, 3.63) is 98.6 Å². The van der Waals surface area contributed by atoms with E-state index in [4.69, 9.17) is 39.5 Å². The maximum absolute atomic E-state index is 13.0. The number of anilines is 2. The average molecular weight is 544 g/mol. The van der Waals surface area contributed by atoms with E-state index in [1.165, 1.54) is 18.2 Å². The van der Waals surface area contributed by atoms with E-state index in [9.17, 15) is 14.4 Å². The highest BCUT2D eigenvalue weighted by molar-refractivity contribution is 6.53. The van der Waals surface area contributed by atoms with Crippen LogP contribution in [0, 0.1) is 0 Å². The normalized spacial score (nSPS) is 13.9. The summed E-state index contributed by atoms with van der Waals surface area (Å²) in [4.78, 5) is 39.3. The van der Waals surface area contributed by atoms with Crippen LogP contribution in [0.3, 0.4) is 0 Å². The van der Waals surface area contributed by atoms with Crippen LogP contribution >= 0.6 is 34.8 Å². The van der Waals surface area contributed by atoms with Crippen molar-refractivity contribution in [1.29, 1.82) is 0 Å². The first-order valence-electron chi connectivity index (χ1n) is 10.9. The van der Waals surface area contributed by atoms with E-state index >= 15 is 0 Å². The quantitative estimate of drug-likeness (QED) is 0.214. The Balaban J connectivity index is 1.50. The standard InChI is InChI=1S/C27H21Cl3N2O4/c1-27(2,3)20-6-4-5-7-21(20)36-26(35)15-8-10-18(11-9-15)31-23-22(30)24(33)32(25(23)34)19-13-16(28)12-17(29)14-19/h4-14,31H,1-3H3. The molecule has 36 heavy (non-hydrogen) atoms. The Hall–Kier alpha value is -3.32. The van der Waals surface area contributed by atoms with Gasteiger partial charge in [-0.3, -0.25) is 9.59 Å². The second-order valence-electron chi connectivity index (χ2n) is 9.10. The van der Waals surface area contributed by atoms with Gasteiger partial charge >= 0.3 is 5.97 Å². The molecule has 0 saturated carbocycles. The van der Waals surface area contributed by atoms with Crippen LogP contribution in [-0.2, 0) is 15.0 Å². The lowest BCUT2D eigenvalue weighted by Crippen LogP contribution is -2.32. The minimum Gasteiger partial charge on any atom is -0.423 e. The van der Waals surface area contributed by atoms with Gasteiger partial charge in [-0.2, -0.15) is 0 Å². The fourth-order valence-corrected chi connectivity index (χ4v) is 4.41. The second kappa shape index (κ2) is 9.97. The third-order valence-corrected chi connectivity index (χ3v) is 6.21. The molecule has 0 radical (unpaired) electrons. The topological polar surface area (TPSA) is 75.7 Å². The first kappa shape index (κ1) is 25.8. The molecule has 0 bridgehead atoms. The molecule has 0 unspecified atom stereocenters. The van der Waals surface area contributed by atoms with Gasteiger partial charge in [0.2, 0.25) is 0 Å². The largest absolute Gasteiger partial charge is 0.423 e. The number of esters is 1. The summed E-state index contributed by atoms with van der Waals surface area (Å²) in [5, 5.41) is 3.12. The molecule has 2 amide bonds. The number of carbonyl (C=O) groups is 3. The van der Waals surface area contributed by atoms with Crippen molar-refractivity contribution >= 4 is 64.0 Å². The first-order valence-corrected chi connectivity index (χ1v) is 12.0. The fourth-order valence-electron chi connectivity index (χ4n) is 3.68. The first-order chi connectivity index (χ1) is 17.0. The summed E-state index contributed by atoms with van der Waals surface area (Å²) in [5.41, 5.74) is 1.56. The van der Waals surface area contributed by atoms with Crippen LogP contribution in [-0.4, -0.2) is 17.8 Å². The van der Waals surface area contributed by atoms with E-state index in [2.05, 4.69) is 5.32 Å². The van der Waals surface area contributed by atoms with Crippen LogP contribution in [0.4, 0.5) is 11.4 Å². The highest BCUT2D eigenvalue weighted by Gasteiger charge is 2.39. The number of ether oxygens (including phenoxy) is 1. The molecule has 0 aromatic heterocycles. The number of halogens is 3. The molecular formula is C27H21Cl3N2O4. The van der Waals surface area contributed by atoms with Crippen LogP contribution in [0.25, 0.3) is 0 Å². The van der Waals surface area contributed by atoms with Crippen molar-refractivity contribution in [2.24, 2.45) is 0 Å². The van der Waals surface area contributed by atoms with E-state index < -0.39 is 17.8 Å². The van der Waals surface area contributed by atoms with E-state index in [0.717, 1.165) is 10.5 Å². The number of nitrogens with zero attached hydrogens (tertiary/aromatic N) is 1. The molecule has 1 aliphatic rings. The minimum absolute atomic E-state index is 0.104. The Kier molecular flexibility index (Phi) is 7.14. The highest BCUT2D eigenvalue weighted by atomic mass is 35.5. The second-order valence-corrected chi connectivity index (χ2v) is 10.4. The van der Waals surface area contributed by atoms with Gasteiger partial charge in [0.05, 0.1) is 11.3 Å². The zero-order chi connectivity index (χ0) is 26.2. The molecule has 9 heteroatoms. The molecule has 4 rings (SSSR count). The number of rotatable bonds is 5. The molecular weight excluding hydrogens is 523 g/mol. The van der Waals surface area contributed by atoms with Crippen LogP contribution in [0.2, 0.25) is 10.0 Å². The summed E-state index contributed by atoms with van der Waals surface area (Å²) in [5.74, 6) is -1.40. The number of benzene rings is 3. The van der Waals surface area contributed by atoms with Gasteiger partial charge in [-0.05, 0) is 53.9 Å². The molecule has 3 aromatic carbocycles. The van der Waals surface area contributed by atoms with Gasteiger partial charge in [0.15, 0.2) is 0 Å². The molecule has 1 heterocycles. The molecule has 6 nitrogen and oxygen atoms in total. The number of amides is 2. The van der Waals surface area contributed by atoms with Crippen LogP contribution in [0.1, 0.15) is 36.7 Å². The van der Waals surface area contributed by atoms with E-state index in [-0.39, 0.29) is 31.9 Å². The average Bonchev–Trinajstić information content (AvgIpc) is 3.01. The molecule has 0 fully saturated rings. The van der Waals surface area contributed by atoms with Crippen molar-refractivity contribution < 1.29 is 19.1 Å². The minimum atomic E-state index is -0.708. The Morgan fingerprint density at radius 1 is 0.861 bits per heavy atom. The van der Waals surface area contributed by atoms with Crippen molar-refractivity contribution in [2.75, 3.05) is 10.2 Å². The summed E-state index contributed by atoms with van der Waals surface area (Å²) < 4.78 is 5.65. The molecule has 0 saturated heterocycles. The van der Waals surface area contributed by atoms with Crippen molar-refractivity contribution in [3.63, 3.8) is 0 Å². The predicted molar refractivity (Wildman–Crippen MR) is 142 cm³/mol. The van der Waals surface area contributed by atoms with Gasteiger partial charge in [-0.25, -0.2) is 9.69 Å². The third-order valence-electron chi connectivity index (χ3n) is 5.42. The summed E-state index contributed by atoms with van der Waals surface area (Å²) >= 11 is 18.2.